The number of rotatable bonds is 7. The molecule has 0 atom stereocenters. The van der Waals surface area contributed by atoms with Crippen molar-refractivity contribution < 1.29 is 9.53 Å². The number of nitrogens with zero attached hydrogens (tertiary/aromatic N) is 1. The molecule has 0 aliphatic heterocycles. The van der Waals surface area contributed by atoms with E-state index in [0.717, 1.165) is 24.2 Å². The maximum atomic E-state index is 12.3. The van der Waals surface area contributed by atoms with Crippen LogP contribution in [0.4, 0.5) is 5.69 Å². The minimum Gasteiger partial charge on any atom is -0.494 e. The summed E-state index contributed by atoms with van der Waals surface area (Å²) >= 11 is 11.9. The number of benzene rings is 2. The number of hydrogen-bond donors (Lipinski definition) is 1. The molecule has 0 saturated heterocycles. The van der Waals surface area contributed by atoms with Crippen LogP contribution in [0.5, 0.6) is 5.75 Å². The van der Waals surface area contributed by atoms with E-state index in [1.54, 1.807) is 24.3 Å². The summed E-state index contributed by atoms with van der Waals surface area (Å²) in [4.78, 5) is 12.3. The Morgan fingerprint density at radius 2 is 1.96 bits per heavy atom. The predicted octanol–water partition coefficient (Wildman–Crippen LogP) is 5.72. The van der Waals surface area contributed by atoms with Gasteiger partial charge in [0, 0.05) is 5.02 Å². The largest absolute Gasteiger partial charge is 0.494 e. The van der Waals surface area contributed by atoms with Gasteiger partial charge in [0.2, 0.25) is 0 Å². The summed E-state index contributed by atoms with van der Waals surface area (Å²) in [6.07, 6.45) is 3.56. The van der Waals surface area contributed by atoms with Crippen molar-refractivity contribution in [1.82, 2.24) is 0 Å². The summed E-state index contributed by atoms with van der Waals surface area (Å²) in [5.74, 6) is 0.198. The monoisotopic (exact) mass is 388 g/mol. The molecule has 2 rings (SSSR count). The Labute approximate surface area is 163 Å². The molecule has 0 radical (unpaired) electrons. The Kier molecular flexibility index (Phi) is 7.53. The van der Waals surface area contributed by atoms with Crippen LogP contribution in [0, 0.1) is 11.3 Å². The Morgan fingerprint density at radius 1 is 1.23 bits per heavy atom. The molecule has 0 spiro atoms. The standard InChI is InChI=1S/C20H18Cl2N2O2/c1-2-3-10-26-17-7-4-14(5-8-17)11-15(13-23)20(25)24-19-12-16(21)6-9-18(19)22/h4-9,11-12H,2-3,10H2,1H3,(H,24,25)/b15-11+. The zero-order valence-corrected chi connectivity index (χ0v) is 15.8. The van der Waals surface area contributed by atoms with E-state index in [-0.39, 0.29) is 5.57 Å². The fourth-order valence-corrected chi connectivity index (χ4v) is 2.43. The van der Waals surface area contributed by atoms with Crippen LogP contribution in [0.25, 0.3) is 6.08 Å². The third-order valence-corrected chi connectivity index (χ3v) is 4.06. The highest BCUT2D eigenvalue weighted by Gasteiger charge is 2.12. The summed E-state index contributed by atoms with van der Waals surface area (Å²) in [5.41, 5.74) is 1.03. The lowest BCUT2D eigenvalue weighted by atomic mass is 10.1. The van der Waals surface area contributed by atoms with E-state index in [2.05, 4.69) is 12.2 Å². The number of unbranched alkanes of at least 4 members (excludes halogenated alkanes) is 1. The molecule has 0 saturated carbocycles. The van der Waals surface area contributed by atoms with Gasteiger partial charge in [-0.05, 0) is 48.4 Å². The fourth-order valence-electron chi connectivity index (χ4n) is 2.09. The van der Waals surface area contributed by atoms with Gasteiger partial charge in [0.05, 0.1) is 17.3 Å². The third kappa shape index (κ3) is 5.80. The van der Waals surface area contributed by atoms with Gasteiger partial charge in [-0.3, -0.25) is 4.79 Å². The van der Waals surface area contributed by atoms with Gasteiger partial charge in [-0.15, -0.1) is 0 Å². The van der Waals surface area contributed by atoms with Crippen molar-refractivity contribution >= 4 is 40.9 Å². The highest BCUT2D eigenvalue weighted by molar-refractivity contribution is 6.36. The normalized spacial score (nSPS) is 10.9. The first-order valence-electron chi connectivity index (χ1n) is 8.14. The SMILES string of the molecule is CCCCOc1ccc(/C=C(\C#N)C(=O)Nc2cc(Cl)ccc2Cl)cc1. The number of carbonyl (C=O) groups is 1. The minimum absolute atomic E-state index is 0.0410. The van der Waals surface area contributed by atoms with Crippen molar-refractivity contribution in [2.24, 2.45) is 0 Å². The van der Waals surface area contributed by atoms with Crippen molar-refractivity contribution in [3.8, 4) is 11.8 Å². The quantitative estimate of drug-likeness (QED) is 0.374. The van der Waals surface area contributed by atoms with Crippen LogP contribution in [-0.2, 0) is 4.79 Å². The van der Waals surface area contributed by atoms with E-state index in [1.807, 2.05) is 18.2 Å². The van der Waals surface area contributed by atoms with E-state index >= 15 is 0 Å². The average Bonchev–Trinajstić information content (AvgIpc) is 2.64. The molecule has 134 valence electrons. The van der Waals surface area contributed by atoms with Crippen LogP contribution in [0.15, 0.2) is 48.0 Å². The Hall–Kier alpha value is -2.48. The van der Waals surface area contributed by atoms with Gasteiger partial charge in [-0.25, -0.2) is 0 Å². The molecule has 2 aromatic rings. The van der Waals surface area contributed by atoms with E-state index in [4.69, 9.17) is 27.9 Å². The number of amides is 1. The van der Waals surface area contributed by atoms with Crippen LogP contribution in [0.1, 0.15) is 25.3 Å². The van der Waals surface area contributed by atoms with Crippen LogP contribution >= 0.6 is 23.2 Å². The van der Waals surface area contributed by atoms with Crippen LogP contribution < -0.4 is 10.1 Å². The minimum atomic E-state index is -0.556. The van der Waals surface area contributed by atoms with Gasteiger partial charge in [0.1, 0.15) is 17.4 Å². The fraction of sp³-hybridized carbons (Fsp3) is 0.200. The second kappa shape index (κ2) is 9.86. The molecule has 0 bridgehead atoms. The van der Waals surface area contributed by atoms with Crippen molar-refractivity contribution in [2.45, 2.75) is 19.8 Å². The van der Waals surface area contributed by atoms with Gasteiger partial charge >= 0.3 is 0 Å². The lowest BCUT2D eigenvalue weighted by Crippen LogP contribution is -2.13. The lowest BCUT2D eigenvalue weighted by molar-refractivity contribution is -0.112. The molecule has 0 unspecified atom stereocenters. The maximum absolute atomic E-state index is 12.3. The summed E-state index contributed by atoms with van der Waals surface area (Å²) < 4.78 is 5.59. The smallest absolute Gasteiger partial charge is 0.266 e. The molecular formula is C20H18Cl2N2O2. The second-order valence-electron chi connectivity index (χ2n) is 5.52. The molecule has 0 heterocycles. The van der Waals surface area contributed by atoms with Gasteiger partial charge in [0.15, 0.2) is 0 Å². The molecule has 1 N–H and O–H groups in total. The third-order valence-electron chi connectivity index (χ3n) is 3.50. The van der Waals surface area contributed by atoms with Crippen molar-refractivity contribution in [1.29, 1.82) is 5.26 Å². The molecule has 26 heavy (non-hydrogen) atoms. The first kappa shape index (κ1) is 19.8. The first-order chi connectivity index (χ1) is 12.5. The first-order valence-corrected chi connectivity index (χ1v) is 8.90. The molecular weight excluding hydrogens is 371 g/mol. The van der Waals surface area contributed by atoms with Gasteiger partial charge in [0.25, 0.3) is 5.91 Å². The predicted molar refractivity (Wildman–Crippen MR) is 106 cm³/mol. The number of nitriles is 1. The Balaban J connectivity index is 2.10. The van der Waals surface area contributed by atoms with Crippen molar-refractivity contribution in [2.75, 3.05) is 11.9 Å². The number of hydrogen-bond acceptors (Lipinski definition) is 3. The Morgan fingerprint density at radius 3 is 2.62 bits per heavy atom. The molecule has 0 aromatic heterocycles. The molecule has 6 heteroatoms. The van der Waals surface area contributed by atoms with Crippen LogP contribution in [0.2, 0.25) is 10.0 Å². The average molecular weight is 389 g/mol. The highest BCUT2D eigenvalue weighted by Crippen LogP contribution is 2.26. The molecule has 0 aliphatic carbocycles. The molecule has 1 amide bonds. The second-order valence-corrected chi connectivity index (χ2v) is 6.36. The zero-order valence-electron chi connectivity index (χ0n) is 14.3. The van der Waals surface area contributed by atoms with Crippen molar-refractivity contribution in [3.63, 3.8) is 0 Å². The van der Waals surface area contributed by atoms with Gasteiger partial charge < -0.3 is 10.1 Å². The number of anilines is 1. The molecule has 0 aliphatic rings. The number of ether oxygens (including phenoxy) is 1. The summed E-state index contributed by atoms with van der Waals surface area (Å²) in [5, 5.41) is 12.7. The Bertz CT molecular complexity index is 840. The molecule has 4 nitrogen and oxygen atoms in total. The topological polar surface area (TPSA) is 62.1 Å². The summed E-state index contributed by atoms with van der Waals surface area (Å²) in [6.45, 7) is 2.76. The number of carbonyl (C=O) groups excluding carboxylic acids is 1. The van der Waals surface area contributed by atoms with Gasteiger partial charge in [-0.1, -0.05) is 48.7 Å². The number of halogens is 2. The van der Waals surface area contributed by atoms with Crippen LogP contribution in [0.3, 0.4) is 0 Å². The summed E-state index contributed by atoms with van der Waals surface area (Å²) in [7, 11) is 0. The zero-order chi connectivity index (χ0) is 18.9. The highest BCUT2D eigenvalue weighted by atomic mass is 35.5. The summed E-state index contributed by atoms with van der Waals surface area (Å²) in [6, 6.07) is 13.8. The van der Waals surface area contributed by atoms with E-state index in [9.17, 15) is 10.1 Å². The molecule has 2 aromatic carbocycles. The molecule has 0 fully saturated rings. The van der Waals surface area contributed by atoms with Crippen molar-refractivity contribution in [3.05, 3.63) is 63.6 Å². The van der Waals surface area contributed by atoms with Crippen LogP contribution in [-0.4, -0.2) is 12.5 Å². The van der Waals surface area contributed by atoms with Gasteiger partial charge in [-0.2, -0.15) is 5.26 Å². The number of nitrogens with one attached hydrogen (secondary N) is 1. The van der Waals surface area contributed by atoms with E-state index in [1.165, 1.54) is 12.1 Å². The lowest BCUT2D eigenvalue weighted by Gasteiger charge is -2.07. The maximum Gasteiger partial charge on any atom is 0.266 e. The van der Waals surface area contributed by atoms with E-state index in [0.29, 0.717) is 22.3 Å². The van der Waals surface area contributed by atoms with E-state index < -0.39 is 5.91 Å².